The fourth-order valence-electron chi connectivity index (χ4n) is 2.27. The minimum absolute atomic E-state index is 0.0220. The van der Waals surface area contributed by atoms with Crippen molar-refractivity contribution in [2.75, 3.05) is 13.2 Å². The summed E-state index contributed by atoms with van der Waals surface area (Å²) in [7, 11) is 0. The van der Waals surface area contributed by atoms with Gasteiger partial charge in [0.05, 0.1) is 13.2 Å². The molecule has 0 aromatic rings. The van der Waals surface area contributed by atoms with Gasteiger partial charge in [0.15, 0.2) is 12.4 Å². The molecule has 1 rings (SSSR count). The van der Waals surface area contributed by atoms with E-state index in [0.29, 0.717) is 6.42 Å². The molecule has 6 atom stereocenters. The van der Waals surface area contributed by atoms with Gasteiger partial charge in [0.2, 0.25) is 0 Å². The Balaban J connectivity index is 2.71. The lowest BCUT2D eigenvalue weighted by Gasteiger charge is -2.39. The summed E-state index contributed by atoms with van der Waals surface area (Å²) in [6.07, 6.45) is -6.58. The molecule has 124 valence electrons. The smallest absolute Gasteiger partial charge is 0.335 e. The van der Waals surface area contributed by atoms with Crippen LogP contribution >= 0.6 is 0 Å². The lowest BCUT2D eigenvalue weighted by atomic mass is 9.87. The zero-order chi connectivity index (χ0) is 16.2. The van der Waals surface area contributed by atoms with Crippen LogP contribution in [0.4, 0.5) is 0 Å². The largest absolute Gasteiger partial charge is 0.479 e. The maximum atomic E-state index is 10.9. The van der Waals surface area contributed by atoms with Gasteiger partial charge in [-0.2, -0.15) is 0 Å². The van der Waals surface area contributed by atoms with Gasteiger partial charge in [0, 0.05) is 5.41 Å². The average molecular weight is 308 g/mol. The van der Waals surface area contributed by atoms with Gasteiger partial charge in [-0.25, -0.2) is 4.79 Å². The summed E-state index contributed by atoms with van der Waals surface area (Å²) in [5.41, 5.74) is -0.558. The van der Waals surface area contributed by atoms with Crippen molar-refractivity contribution < 1.29 is 39.8 Å². The molecule has 1 heterocycles. The number of aliphatic hydroxyl groups excluding tert-OH is 4. The van der Waals surface area contributed by atoms with Crippen LogP contribution in [0.15, 0.2) is 0 Å². The van der Waals surface area contributed by atoms with E-state index in [1.165, 1.54) is 0 Å². The maximum Gasteiger partial charge on any atom is 0.335 e. The number of aliphatic hydroxyl groups is 4. The fourth-order valence-corrected chi connectivity index (χ4v) is 2.27. The zero-order valence-electron chi connectivity index (χ0n) is 12.2. The third kappa shape index (κ3) is 4.35. The third-order valence-electron chi connectivity index (χ3n) is 3.64. The number of ether oxygens (including phenoxy) is 2. The summed E-state index contributed by atoms with van der Waals surface area (Å²) in [6, 6.07) is 0. The molecule has 1 fully saturated rings. The van der Waals surface area contributed by atoms with Crippen LogP contribution in [0.3, 0.4) is 0 Å². The summed E-state index contributed by atoms with van der Waals surface area (Å²) in [5, 5.41) is 47.3. The summed E-state index contributed by atoms with van der Waals surface area (Å²) < 4.78 is 10.3. The minimum Gasteiger partial charge on any atom is -0.479 e. The van der Waals surface area contributed by atoms with Crippen molar-refractivity contribution >= 4 is 5.97 Å². The maximum absolute atomic E-state index is 10.9. The van der Waals surface area contributed by atoms with Crippen molar-refractivity contribution in [3.05, 3.63) is 0 Å². The van der Waals surface area contributed by atoms with E-state index >= 15 is 0 Å². The molecule has 1 saturated heterocycles. The van der Waals surface area contributed by atoms with Crippen molar-refractivity contribution in [3.8, 4) is 0 Å². The summed E-state index contributed by atoms with van der Waals surface area (Å²) >= 11 is 0. The molecule has 0 saturated carbocycles. The first-order valence-corrected chi connectivity index (χ1v) is 6.90. The number of rotatable bonds is 7. The quantitative estimate of drug-likeness (QED) is 0.391. The molecule has 0 amide bonds. The molecule has 1 aliphatic heterocycles. The molecule has 5 N–H and O–H groups in total. The second-order valence-electron chi connectivity index (χ2n) is 5.76. The number of carboxylic acid groups (broad SMARTS) is 1. The highest BCUT2D eigenvalue weighted by Crippen LogP contribution is 2.27. The van der Waals surface area contributed by atoms with Crippen LogP contribution < -0.4 is 0 Å². The first-order valence-electron chi connectivity index (χ1n) is 6.90. The topological polar surface area (TPSA) is 137 Å². The van der Waals surface area contributed by atoms with Crippen molar-refractivity contribution in [2.24, 2.45) is 5.41 Å². The van der Waals surface area contributed by atoms with Gasteiger partial charge < -0.3 is 35.0 Å². The first kappa shape index (κ1) is 18.3. The first-order chi connectivity index (χ1) is 9.75. The molecule has 1 aliphatic rings. The van der Waals surface area contributed by atoms with Gasteiger partial charge >= 0.3 is 5.97 Å². The van der Waals surface area contributed by atoms with E-state index in [9.17, 15) is 25.2 Å². The lowest BCUT2D eigenvalue weighted by Crippen LogP contribution is -2.60. The predicted octanol–water partition coefficient (Wildman–Crippen LogP) is -1.31. The highest BCUT2D eigenvalue weighted by molar-refractivity contribution is 5.73. The number of carboxylic acids is 1. The van der Waals surface area contributed by atoms with E-state index in [-0.39, 0.29) is 13.2 Å². The lowest BCUT2D eigenvalue weighted by molar-refractivity contribution is -0.299. The monoisotopic (exact) mass is 308 g/mol. The van der Waals surface area contributed by atoms with Crippen LogP contribution in [0.1, 0.15) is 26.7 Å². The molecule has 8 heteroatoms. The average Bonchev–Trinajstić information content (AvgIpc) is 2.44. The third-order valence-corrected chi connectivity index (χ3v) is 3.64. The second-order valence-corrected chi connectivity index (χ2v) is 5.76. The molecule has 0 spiro atoms. The minimum atomic E-state index is -1.74. The Morgan fingerprint density at radius 1 is 1.24 bits per heavy atom. The highest BCUT2D eigenvalue weighted by Gasteiger charge is 2.47. The van der Waals surface area contributed by atoms with Gasteiger partial charge in [-0.05, 0) is 6.42 Å². The zero-order valence-corrected chi connectivity index (χ0v) is 12.2. The molecule has 0 radical (unpaired) electrons. The number of hydrogen-bond acceptors (Lipinski definition) is 7. The van der Waals surface area contributed by atoms with Gasteiger partial charge in [-0.3, -0.25) is 0 Å². The van der Waals surface area contributed by atoms with Crippen molar-refractivity contribution in [3.63, 3.8) is 0 Å². The fraction of sp³-hybridized carbons (Fsp3) is 0.923. The van der Waals surface area contributed by atoms with Crippen molar-refractivity contribution in [2.45, 2.75) is 57.4 Å². The van der Waals surface area contributed by atoms with Crippen molar-refractivity contribution in [1.29, 1.82) is 0 Å². The van der Waals surface area contributed by atoms with Crippen molar-refractivity contribution in [1.82, 2.24) is 0 Å². The van der Waals surface area contributed by atoms with E-state index in [1.54, 1.807) is 6.92 Å². The Kier molecular flexibility index (Phi) is 6.51. The Labute approximate surface area is 122 Å². The molecule has 0 aliphatic carbocycles. The summed E-state index contributed by atoms with van der Waals surface area (Å²) in [4.78, 5) is 10.9. The molecule has 6 unspecified atom stereocenters. The second kappa shape index (κ2) is 7.48. The van der Waals surface area contributed by atoms with Crippen LogP contribution in [0.2, 0.25) is 0 Å². The number of carbonyl (C=O) groups is 1. The number of aliphatic carboxylic acids is 1. The molecule has 21 heavy (non-hydrogen) atoms. The van der Waals surface area contributed by atoms with E-state index in [0.717, 1.165) is 6.42 Å². The van der Waals surface area contributed by atoms with Crippen LogP contribution in [0.5, 0.6) is 0 Å². The Bertz CT molecular complexity index is 349. The van der Waals surface area contributed by atoms with Crippen LogP contribution in [-0.4, -0.2) is 75.4 Å². The SMILES string of the molecule is CCCC(C)(CO)COC1OC(C(=O)O)C(O)C(O)C1O. The summed E-state index contributed by atoms with van der Waals surface area (Å²) in [5.74, 6) is -1.46. The molecule has 0 aromatic heterocycles. The molecule has 0 bridgehead atoms. The van der Waals surface area contributed by atoms with Gasteiger partial charge in [0.25, 0.3) is 0 Å². The summed E-state index contributed by atoms with van der Waals surface area (Å²) in [6.45, 7) is 3.61. The van der Waals surface area contributed by atoms with Crippen LogP contribution in [0.25, 0.3) is 0 Å². The van der Waals surface area contributed by atoms with E-state index < -0.39 is 42.1 Å². The van der Waals surface area contributed by atoms with E-state index in [2.05, 4.69) is 0 Å². The Morgan fingerprint density at radius 2 is 1.86 bits per heavy atom. The van der Waals surface area contributed by atoms with E-state index in [1.807, 2.05) is 6.92 Å². The standard InChI is InChI=1S/C13H24O8/c1-3-4-13(2,5-14)6-20-12-9(17)7(15)8(16)10(21-12)11(18)19/h7-10,12,14-17H,3-6H2,1-2H3,(H,18,19). The molecule has 8 nitrogen and oxygen atoms in total. The van der Waals surface area contributed by atoms with E-state index in [4.69, 9.17) is 14.6 Å². The Morgan fingerprint density at radius 3 is 2.33 bits per heavy atom. The predicted molar refractivity (Wildman–Crippen MR) is 70.4 cm³/mol. The van der Waals surface area contributed by atoms with Crippen LogP contribution in [0, 0.1) is 5.41 Å². The normalized spacial score (nSPS) is 36.2. The van der Waals surface area contributed by atoms with Gasteiger partial charge in [0.1, 0.15) is 18.3 Å². The highest BCUT2D eigenvalue weighted by atomic mass is 16.7. The Hall–Kier alpha value is -0.770. The molecular weight excluding hydrogens is 284 g/mol. The van der Waals surface area contributed by atoms with Gasteiger partial charge in [-0.15, -0.1) is 0 Å². The van der Waals surface area contributed by atoms with Crippen LogP contribution in [-0.2, 0) is 14.3 Å². The van der Waals surface area contributed by atoms with Gasteiger partial charge in [-0.1, -0.05) is 20.3 Å². The number of hydrogen-bond donors (Lipinski definition) is 5. The molecule has 0 aromatic carbocycles. The molecular formula is C13H24O8.